The van der Waals surface area contributed by atoms with Crippen LogP contribution in [0.4, 0.5) is 0 Å². The summed E-state index contributed by atoms with van der Waals surface area (Å²) in [6.07, 6.45) is 1.53. The standard InChI is InChI=1S/C31H56N3O10PS2/c1-22(2)32-13-6-8-27(36)10-11-31(39)33-18-28(37)16-25(33)21-43-45(40,41)44-29-17-26(20-42-23(3)4)34(19-29)30(38)9-7-14-46-47-15-12-24(5)35/h22-23,25-26,28-29,32,37H,6-21H2,1-5H3,(H,40,41)/t25-,26-,28+,29+/m0/s1. The van der Waals surface area contributed by atoms with Gasteiger partial charge in [0.1, 0.15) is 11.6 Å². The zero-order chi connectivity index (χ0) is 35.0. The number of aliphatic hydroxyl groups is 1. The highest BCUT2D eigenvalue weighted by Crippen LogP contribution is 2.47. The fourth-order valence-corrected chi connectivity index (χ4v) is 8.52. The van der Waals surface area contributed by atoms with Crippen molar-refractivity contribution in [2.45, 2.75) is 129 Å². The van der Waals surface area contributed by atoms with Crippen LogP contribution >= 0.6 is 29.4 Å². The number of carbonyl (C=O) groups excluding carboxylic acids is 4. The van der Waals surface area contributed by atoms with E-state index in [1.165, 1.54) is 4.90 Å². The fourth-order valence-electron chi connectivity index (χ4n) is 5.39. The molecule has 16 heteroatoms. The van der Waals surface area contributed by atoms with Crippen LogP contribution in [-0.2, 0) is 37.5 Å². The van der Waals surface area contributed by atoms with E-state index in [1.54, 1.807) is 33.4 Å². The molecular weight excluding hydrogens is 669 g/mol. The van der Waals surface area contributed by atoms with Crippen molar-refractivity contribution in [1.29, 1.82) is 0 Å². The maximum absolute atomic E-state index is 13.1. The van der Waals surface area contributed by atoms with Gasteiger partial charge in [-0.25, -0.2) is 4.57 Å². The van der Waals surface area contributed by atoms with E-state index in [0.717, 1.165) is 18.1 Å². The molecule has 0 aromatic rings. The highest BCUT2D eigenvalue weighted by Gasteiger charge is 2.41. The minimum atomic E-state index is -4.58. The van der Waals surface area contributed by atoms with Gasteiger partial charge in [-0.05, 0) is 53.0 Å². The summed E-state index contributed by atoms with van der Waals surface area (Å²) in [6.45, 7) is 10.3. The molecule has 13 nitrogen and oxygen atoms in total. The number of Topliss-reactive ketones (excluding diaryl/α,β-unsaturated/α-hetero) is 2. The molecule has 1 unspecified atom stereocenters. The predicted octanol–water partition coefficient (Wildman–Crippen LogP) is 3.74. The molecule has 2 heterocycles. The Bertz CT molecular complexity index is 1050. The molecule has 0 aliphatic carbocycles. The minimum Gasteiger partial charge on any atom is -0.391 e. The van der Waals surface area contributed by atoms with E-state index in [9.17, 15) is 33.7 Å². The molecule has 2 saturated heterocycles. The van der Waals surface area contributed by atoms with Crippen LogP contribution in [0.5, 0.6) is 0 Å². The molecule has 3 N–H and O–H groups in total. The van der Waals surface area contributed by atoms with Crippen LogP contribution in [0, 0.1) is 0 Å². The second-order valence-corrected chi connectivity index (χ2v) is 17.0. The summed E-state index contributed by atoms with van der Waals surface area (Å²) in [5.41, 5.74) is 0. The Balaban J connectivity index is 1.84. The quantitative estimate of drug-likeness (QED) is 0.0748. The zero-order valence-electron chi connectivity index (χ0n) is 28.6. The van der Waals surface area contributed by atoms with Gasteiger partial charge in [0.15, 0.2) is 0 Å². The number of β-amino-alcohol motifs (C(OH)–C–C–N with tert-alkyl or cyclic N) is 1. The third-order valence-corrected chi connectivity index (χ3v) is 11.3. The average molecular weight is 726 g/mol. The Hall–Kier alpha value is -1.03. The van der Waals surface area contributed by atoms with E-state index in [4.69, 9.17) is 13.8 Å². The number of carbonyl (C=O) groups is 4. The third kappa shape index (κ3) is 17.5. The molecule has 47 heavy (non-hydrogen) atoms. The summed E-state index contributed by atoms with van der Waals surface area (Å²) in [5.74, 6) is 1.24. The summed E-state index contributed by atoms with van der Waals surface area (Å²) < 4.78 is 29.6. The smallest absolute Gasteiger partial charge is 0.391 e. The van der Waals surface area contributed by atoms with Crippen LogP contribution in [0.1, 0.15) is 92.4 Å². The molecule has 0 spiro atoms. The van der Waals surface area contributed by atoms with Gasteiger partial charge in [-0.3, -0.25) is 28.2 Å². The monoisotopic (exact) mass is 725 g/mol. The first-order valence-electron chi connectivity index (χ1n) is 16.7. The Kier molecular flexibility index (Phi) is 19.7. The van der Waals surface area contributed by atoms with Gasteiger partial charge in [0.25, 0.3) is 0 Å². The van der Waals surface area contributed by atoms with Crippen molar-refractivity contribution in [3.63, 3.8) is 0 Å². The summed E-state index contributed by atoms with van der Waals surface area (Å²) in [4.78, 5) is 63.0. The van der Waals surface area contributed by atoms with Crippen LogP contribution in [0.2, 0.25) is 0 Å². The lowest BCUT2D eigenvalue weighted by Crippen LogP contribution is -2.39. The SMILES string of the molecule is CC(=O)CCSSCCCC(=O)N1C[C@H](OP(=O)(O)OC[C@@H]2C[C@@H](O)CN2C(=O)CCC(=O)CCCNC(C)C)C[C@H]1COC(C)C. The van der Waals surface area contributed by atoms with Crippen molar-refractivity contribution in [3.8, 4) is 0 Å². The number of hydrogen-bond acceptors (Lipinski definition) is 12. The Labute approximate surface area is 288 Å². The molecule has 2 aliphatic heterocycles. The van der Waals surface area contributed by atoms with Gasteiger partial charge in [-0.15, -0.1) is 0 Å². The van der Waals surface area contributed by atoms with Crippen LogP contribution in [0.3, 0.4) is 0 Å². The molecule has 0 saturated carbocycles. The number of nitrogens with zero attached hydrogens (tertiary/aromatic N) is 2. The van der Waals surface area contributed by atoms with Gasteiger partial charge in [-0.1, -0.05) is 35.4 Å². The van der Waals surface area contributed by atoms with Crippen LogP contribution in [0.15, 0.2) is 0 Å². The van der Waals surface area contributed by atoms with Gasteiger partial charge in [-0.2, -0.15) is 0 Å². The molecular formula is C31H56N3O10PS2. The fraction of sp³-hybridized carbons (Fsp3) is 0.871. The molecule has 5 atom stereocenters. The topological polar surface area (TPSA) is 172 Å². The van der Waals surface area contributed by atoms with E-state index in [1.807, 2.05) is 27.7 Å². The number of amides is 2. The van der Waals surface area contributed by atoms with E-state index < -0.39 is 26.1 Å². The molecule has 0 radical (unpaired) electrons. The number of phosphoric acid groups is 1. The first kappa shape index (κ1) is 42.1. The molecule has 2 fully saturated rings. The lowest BCUT2D eigenvalue weighted by atomic mass is 10.1. The molecule has 272 valence electrons. The minimum absolute atomic E-state index is 0.00386. The summed E-state index contributed by atoms with van der Waals surface area (Å²) in [7, 11) is -1.34. The number of phosphoric ester groups is 1. The Morgan fingerprint density at radius 2 is 1.53 bits per heavy atom. The lowest BCUT2D eigenvalue weighted by molar-refractivity contribution is -0.134. The average Bonchev–Trinajstić information content (AvgIpc) is 3.57. The van der Waals surface area contributed by atoms with Crippen molar-refractivity contribution in [2.75, 3.05) is 44.4 Å². The highest BCUT2D eigenvalue weighted by atomic mass is 33.1. The van der Waals surface area contributed by atoms with Gasteiger partial charge in [0.05, 0.1) is 43.6 Å². The van der Waals surface area contributed by atoms with Crippen molar-refractivity contribution >= 4 is 52.8 Å². The van der Waals surface area contributed by atoms with Crippen molar-refractivity contribution < 1.29 is 47.5 Å². The van der Waals surface area contributed by atoms with E-state index >= 15 is 0 Å². The molecule has 2 aliphatic rings. The first-order valence-corrected chi connectivity index (χ1v) is 20.7. The second kappa shape index (κ2) is 21.9. The number of aliphatic hydroxyl groups excluding tert-OH is 1. The van der Waals surface area contributed by atoms with Crippen LogP contribution in [-0.4, -0.2) is 124 Å². The number of likely N-dealkylation sites (tertiary alicyclic amines) is 2. The maximum Gasteiger partial charge on any atom is 0.472 e. The van der Waals surface area contributed by atoms with E-state index in [-0.39, 0.29) is 81.1 Å². The van der Waals surface area contributed by atoms with Crippen LogP contribution < -0.4 is 5.32 Å². The zero-order valence-corrected chi connectivity index (χ0v) is 31.1. The Morgan fingerprint density at radius 3 is 2.21 bits per heavy atom. The predicted molar refractivity (Wildman–Crippen MR) is 184 cm³/mol. The third-order valence-electron chi connectivity index (χ3n) is 7.79. The van der Waals surface area contributed by atoms with Crippen molar-refractivity contribution in [1.82, 2.24) is 15.1 Å². The summed E-state index contributed by atoms with van der Waals surface area (Å²) >= 11 is 0. The molecule has 0 aromatic heterocycles. The molecule has 2 rings (SSSR count). The van der Waals surface area contributed by atoms with Gasteiger partial charge >= 0.3 is 7.82 Å². The maximum atomic E-state index is 13.1. The molecule has 0 aromatic carbocycles. The number of nitrogens with one attached hydrogen (secondary N) is 1. The number of hydrogen-bond donors (Lipinski definition) is 3. The summed E-state index contributed by atoms with van der Waals surface area (Å²) in [5, 5.41) is 13.5. The van der Waals surface area contributed by atoms with Gasteiger partial charge in [0.2, 0.25) is 11.8 Å². The Morgan fingerprint density at radius 1 is 0.872 bits per heavy atom. The van der Waals surface area contributed by atoms with Gasteiger partial charge in [0, 0.05) is 62.7 Å². The second-order valence-electron chi connectivity index (χ2n) is 12.8. The highest BCUT2D eigenvalue weighted by molar-refractivity contribution is 8.76. The van der Waals surface area contributed by atoms with Crippen molar-refractivity contribution in [2.24, 2.45) is 0 Å². The van der Waals surface area contributed by atoms with E-state index in [0.29, 0.717) is 44.6 Å². The largest absolute Gasteiger partial charge is 0.472 e. The first-order chi connectivity index (χ1) is 22.2. The van der Waals surface area contributed by atoms with E-state index in [2.05, 4.69) is 5.32 Å². The lowest BCUT2D eigenvalue weighted by Gasteiger charge is -2.26. The molecule has 2 amide bonds. The summed E-state index contributed by atoms with van der Waals surface area (Å²) in [6, 6.07) is -0.621. The van der Waals surface area contributed by atoms with Crippen molar-refractivity contribution in [3.05, 3.63) is 0 Å². The number of ether oxygens (including phenoxy) is 1. The number of rotatable bonds is 24. The normalized spacial score (nSPS) is 22.7. The number of ketones is 2. The van der Waals surface area contributed by atoms with Gasteiger partial charge < -0.3 is 29.9 Å². The molecule has 0 bridgehead atoms. The van der Waals surface area contributed by atoms with Crippen LogP contribution in [0.25, 0.3) is 0 Å².